The SMILES string of the molecule is CC(C)(OC(=O)c1ccccc1)C(=O)Br. The highest BCUT2D eigenvalue weighted by atomic mass is 79.9. The molecular weight excluding hydrogens is 260 g/mol. The highest BCUT2D eigenvalue weighted by molar-refractivity contribution is 9.18. The van der Waals surface area contributed by atoms with Crippen LogP contribution >= 0.6 is 15.9 Å². The minimum atomic E-state index is -1.15. The molecule has 15 heavy (non-hydrogen) atoms. The average molecular weight is 271 g/mol. The third kappa shape index (κ3) is 3.16. The van der Waals surface area contributed by atoms with Crippen LogP contribution in [0.1, 0.15) is 24.2 Å². The van der Waals surface area contributed by atoms with Crippen molar-refractivity contribution in [1.29, 1.82) is 0 Å². The summed E-state index contributed by atoms with van der Waals surface area (Å²) in [6.07, 6.45) is 0. The Labute approximate surface area is 96.6 Å². The van der Waals surface area contributed by atoms with Crippen LogP contribution in [-0.4, -0.2) is 16.3 Å². The van der Waals surface area contributed by atoms with E-state index in [1.54, 1.807) is 30.3 Å². The lowest BCUT2D eigenvalue weighted by Gasteiger charge is -2.20. The van der Waals surface area contributed by atoms with Crippen LogP contribution in [0.3, 0.4) is 0 Å². The van der Waals surface area contributed by atoms with Crippen LogP contribution in [-0.2, 0) is 9.53 Å². The number of carbonyl (C=O) groups excluding carboxylic acids is 2. The number of benzene rings is 1. The van der Waals surface area contributed by atoms with E-state index < -0.39 is 11.6 Å². The number of hydrogen-bond donors (Lipinski definition) is 0. The maximum Gasteiger partial charge on any atom is 0.339 e. The maximum atomic E-state index is 11.6. The molecule has 0 N–H and O–H groups in total. The van der Waals surface area contributed by atoms with Crippen LogP contribution in [0.4, 0.5) is 0 Å². The summed E-state index contributed by atoms with van der Waals surface area (Å²) in [5, 5.41) is 0. The zero-order valence-electron chi connectivity index (χ0n) is 8.49. The molecule has 0 aliphatic carbocycles. The number of carbonyl (C=O) groups is 2. The normalized spacial score (nSPS) is 10.9. The molecule has 0 bridgehead atoms. The van der Waals surface area contributed by atoms with E-state index in [-0.39, 0.29) is 4.69 Å². The Hall–Kier alpha value is -1.16. The Balaban J connectivity index is 2.77. The van der Waals surface area contributed by atoms with Crippen LogP contribution in [0.15, 0.2) is 30.3 Å². The molecule has 80 valence electrons. The van der Waals surface area contributed by atoms with Gasteiger partial charge in [-0.2, -0.15) is 0 Å². The van der Waals surface area contributed by atoms with Gasteiger partial charge in [-0.3, -0.25) is 4.79 Å². The van der Waals surface area contributed by atoms with Gasteiger partial charge in [0, 0.05) is 0 Å². The lowest BCUT2D eigenvalue weighted by atomic mass is 10.1. The molecule has 0 saturated carbocycles. The second-order valence-corrected chi connectivity index (χ2v) is 4.26. The summed E-state index contributed by atoms with van der Waals surface area (Å²) in [4.78, 5) is 22.6. The van der Waals surface area contributed by atoms with Crippen molar-refractivity contribution in [2.45, 2.75) is 19.4 Å². The molecule has 0 aliphatic heterocycles. The molecule has 0 heterocycles. The molecule has 3 nitrogen and oxygen atoms in total. The van der Waals surface area contributed by atoms with Gasteiger partial charge in [0.15, 0.2) is 5.60 Å². The van der Waals surface area contributed by atoms with E-state index in [1.165, 1.54) is 13.8 Å². The number of halogens is 1. The first-order valence-electron chi connectivity index (χ1n) is 4.42. The fraction of sp³-hybridized carbons (Fsp3) is 0.273. The third-order valence-electron chi connectivity index (χ3n) is 1.83. The molecule has 1 aromatic carbocycles. The summed E-state index contributed by atoms with van der Waals surface area (Å²) in [7, 11) is 0. The number of ether oxygens (including phenoxy) is 1. The molecule has 0 amide bonds. The van der Waals surface area contributed by atoms with Crippen molar-refractivity contribution < 1.29 is 14.3 Å². The minimum absolute atomic E-state index is 0.362. The Kier molecular flexibility index (Phi) is 3.63. The van der Waals surface area contributed by atoms with Crippen LogP contribution in [0.25, 0.3) is 0 Å². The monoisotopic (exact) mass is 270 g/mol. The van der Waals surface area contributed by atoms with Gasteiger partial charge in [-0.1, -0.05) is 18.2 Å². The molecule has 0 radical (unpaired) electrons. The Bertz CT molecular complexity index is 371. The van der Waals surface area contributed by atoms with E-state index in [2.05, 4.69) is 15.9 Å². The first-order valence-corrected chi connectivity index (χ1v) is 5.21. The van der Waals surface area contributed by atoms with Gasteiger partial charge < -0.3 is 4.74 Å². The summed E-state index contributed by atoms with van der Waals surface area (Å²) in [6, 6.07) is 8.55. The Morgan fingerprint density at radius 2 is 1.73 bits per heavy atom. The Morgan fingerprint density at radius 3 is 2.20 bits per heavy atom. The predicted octanol–water partition coefficient (Wildman–Crippen LogP) is 2.54. The topological polar surface area (TPSA) is 43.4 Å². The molecule has 0 saturated heterocycles. The van der Waals surface area contributed by atoms with Gasteiger partial charge in [0.2, 0.25) is 4.69 Å². The molecule has 1 rings (SSSR count). The van der Waals surface area contributed by atoms with Gasteiger partial charge in [0.1, 0.15) is 0 Å². The second kappa shape index (κ2) is 4.57. The minimum Gasteiger partial charge on any atom is -0.447 e. The molecular formula is C11H11BrO3. The zero-order valence-corrected chi connectivity index (χ0v) is 10.1. The predicted molar refractivity (Wildman–Crippen MR) is 59.9 cm³/mol. The second-order valence-electron chi connectivity index (χ2n) is 3.54. The van der Waals surface area contributed by atoms with E-state index in [9.17, 15) is 9.59 Å². The molecule has 0 unspecified atom stereocenters. The van der Waals surface area contributed by atoms with Crippen molar-refractivity contribution in [2.75, 3.05) is 0 Å². The van der Waals surface area contributed by atoms with E-state index in [0.29, 0.717) is 5.56 Å². The summed E-state index contributed by atoms with van der Waals surface area (Å²) < 4.78 is 4.69. The molecule has 0 fully saturated rings. The van der Waals surface area contributed by atoms with Crippen LogP contribution in [0.5, 0.6) is 0 Å². The summed E-state index contributed by atoms with van der Waals surface area (Å²) in [6.45, 7) is 3.07. The lowest BCUT2D eigenvalue weighted by molar-refractivity contribution is -0.125. The van der Waals surface area contributed by atoms with Gasteiger partial charge in [0.25, 0.3) is 0 Å². The fourth-order valence-electron chi connectivity index (χ4n) is 0.905. The molecule has 1 aromatic rings. The molecule has 4 heteroatoms. The van der Waals surface area contributed by atoms with Gasteiger partial charge >= 0.3 is 5.97 Å². The van der Waals surface area contributed by atoms with Crippen molar-refractivity contribution in [3.8, 4) is 0 Å². The van der Waals surface area contributed by atoms with E-state index in [4.69, 9.17) is 4.74 Å². The molecule has 0 atom stereocenters. The highest BCUT2D eigenvalue weighted by Crippen LogP contribution is 2.17. The smallest absolute Gasteiger partial charge is 0.339 e. The standard InChI is InChI=1S/C11H11BrO3/c1-11(2,10(12)14)15-9(13)8-6-4-3-5-7-8/h3-7H,1-2H3. The largest absolute Gasteiger partial charge is 0.447 e. The van der Waals surface area contributed by atoms with Crippen LogP contribution in [0.2, 0.25) is 0 Å². The van der Waals surface area contributed by atoms with Crippen molar-refractivity contribution >= 4 is 26.6 Å². The molecule has 0 aliphatic rings. The van der Waals surface area contributed by atoms with Crippen LogP contribution < -0.4 is 0 Å². The van der Waals surface area contributed by atoms with E-state index >= 15 is 0 Å². The van der Waals surface area contributed by atoms with Crippen molar-refractivity contribution in [1.82, 2.24) is 0 Å². The summed E-state index contributed by atoms with van der Waals surface area (Å²) in [5.74, 6) is -0.506. The Morgan fingerprint density at radius 1 is 1.20 bits per heavy atom. The number of esters is 1. The summed E-state index contributed by atoms with van der Waals surface area (Å²) >= 11 is 2.78. The third-order valence-corrected chi connectivity index (χ3v) is 2.79. The maximum absolute atomic E-state index is 11.6. The number of hydrogen-bond acceptors (Lipinski definition) is 3. The quantitative estimate of drug-likeness (QED) is 0.626. The van der Waals surface area contributed by atoms with Gasteiger partial charge in [-0.05, 0) is 41.9 Å². The molecule has 0 spiro atoms. The van der Waals surface area contributed by atoms with Crippen molar-refractivity contribution in [2.24, 2.45) is 0 Å². The van der Waals surface area contributed by atoms with Gasteiger partial charge in [-0.15, -0.1) is 0 Å². The van der Waals surface area contributed by atoms with Gasteiger partial charge in [0.05, 0.1) is 5.56 Å². The molecule has 0 aromatic heterocycles. The average Bonchev–Trinajstić information content (AvgIpc) is 2.18. The number of rotatable bonds is 3. The highest BCUT2D eigenvalue weighted by Gasteiger charge is 2.30. The summed E-state index contributed by atoms with van der Waals surface area (Å²) in [5.41, 5.74) is -0.716. The first kappa shape index (κ1) is 11.9. The first-order chi connectivity index (χ1) is 6.93. The van der Waals surface area contributed by atoms with Gasteiger partial charge in [-0.25, -0.2) is 4.79 Å². The zero-order chi connectivity index (χ0) is 11.5. The van der Waals surface area contributed by atoms with E-state index in [0.717, 1.165) is 0 Å². The van der Waals surface area contributed by atoms with E-state index in [1.807, 2.05) is 0 Å². The van der Waals surface area contributed by atoms with Crippen molar-refractivity contribution in [3.05, 3.63) is 35.9 Å². The lowest BCUT2D eigenvalue weighted by Crippen LogP contribution is -2.33. The van der Waals surface area contributed by atoms with Crippen LogP contribution in [0, 0.1) is 0 Å². The van der Waals surface area contributed by atoms with Crippen molar-refractivity contribution in [3.63, 3.8) is 0 Å². The fourth-order valence-corrected chi connectivity index (χ4v) is 0.986.